The van der Waals surface area contributed by atoms with Crippen LogP contribution in [0.5, 0.6) is 5.75 Å². The molecule has 1 aliphatic carbocycles. The second-order valence-electron chi connectivity index (χ2n) is 5.50. The summed E-state index contributed by atoms with van der Waals surface area (Å²) in [6, 6.07) is 6.57. The first-order valence-electron chi connectivity index (χ1n) is 7.24. The molecule has 1 aromatic rings. The fourth-order valence-electron chi connectivity index (χ4n) is 3.28. The zero-order valence-corrected chi connectivity index (χ0v) is 12.8. The molecule has 1 aromatic carbocycles. The van der Waals surface area contributed by atoms with Gasteiger partial charge in [0.05, 0.1) is 12.1 Å². The molecule has 106 valence electrons. The number of halogens is 1. The van der Waals surface area contributed by atoms with Crippen LogP contribution in [0.1, 0.15) is 44.7 Å². The molecule has 19 heavy (non-hydrogen) atoms. The Hall–Kier alpha value is -0.730. The fourth-order valence-corrected chi connectivity index (χ4v) is 3.47. The average molecular weight is 282 g/mol. The summed E-state index contributed by atoms with van der Waals surface area (Å²) in [6.45, 7) is 5.52. The van der Waals surface area contributed by atoms with Gasteiger partial charge in [0.1, 0.15) is 5.75 Å². The Morgan fingerprint density at radius 3 is 2.79 bits per heavy atom. The third-order valence-electron chi connectivity index (χ3n) is 4.31. The van der Waals surface area contributed by atoms with E-state index in [-0.39, 0.29) is 0 Å². The number of hydrogen-bond donors (Lipinski definition) is 1. The van der Waals surface area contributed by atoms with E-state index in [1.54, 1.807) is 7.11 Å². The molecular formula is C16H24ClNO. The molecule has 3 atom stereocenters. The highest BCUT2D eigenvalue weighted by molar-refractivity contribution is 6.32. The van der Waals surface area contributed by atoms with Crippen LogP contribution in [0, 0.1) is 11.8 Å². The largest absolute Gasteiger partial charge is 0.495 e. The molecule has 0 amide bonds. The maximum Gasteiger partial charge on any atom is 0.137 e. The van der Waals surface area contributed by atoms with Crippen molar-refractivity contribution in [2.24, 2.45) is 11.8 Å². The van der Waals surface area contributed by atoms with E-state index in [1.807, 2.05) is 6.07 Å². The molecule has 2 nitrogen and oxygen atoms in total. The van der Waals surface area contributed by atoms with Gasteiger partial charge in [0, 0.05) is 6.04 Å². The van der Waals surface area contributed by atoms with Crippen molar-refractivity contribution < 1.29 is 4.74 Å². The minimum Gasteiger partial charge on any atom is -0.495 e. The highest BCUT2D eigenvalue weighted by Crippen LogP contribution is 2.41. The van der Waals surface area contributed by atoms with Crippen molar-refractivity contribution in [1.29, 1.82) is 0 Å². The monoisotopic (exact) mass is 281 g/mol. The van der Waals surface area contributed by atoms with E-state index < -0.39 is 0 Å². The highest BCUT2D eigenvalue weighted by atomic mass is 35.5. The van der Waals surface area contributed by atoms with Gasteiger partial charge in [-0.1, -0.05) is 44.4 Å². The molecule has 0 bridgehead atoms. The lowest BCUT2D eigenvalue weighted by molar-refractivity contribution is 0.304. The van der Waals surface area contributed by atoms with Crippen LogP contribution in [0.25, 0.3) is 0 Å². The Morgan fingerprint density at radius 2 is 2.21 bits per heavy atom. The van der Waals surface area contributed by atoms with Crippen LogP contribution in [-0.2, 0) is 0 Å². The van der Waals surface area contributed by atoms with Crippen molar-refractivity contribution in [3.05, 3.63) is 28.8 Å². The van der Waals surface area contributed by atoms with Gasteiger partial charge in [-0.25, -0.2) is 0 Å². The van der Waals surface area contributed by atoms with Crippen LogP contribution < -0.4 is 10.1 Å². The van der Waals surface area contributed by atoms with Gasteiger partial charge in [-0.3, -0.25) is 0 Å². The molecular weight excluding hydrogens is 258 g/mol. The van der Waals surface area contributed by atoms with Crippen molar-refractivity contribution in [2.75, 3.05) is 13.7 Å². The van der Waals surface area contributed by atoms with Gasteiger partial charge in [0.15, 0.2) is 0 Å². The summed E-state index contributed by atoms with van der Waals surface area (Å²) in [5.74, 6) is 2.27. The van der Waals surface area contributed by atoms with Gasteiger partial charge in [-0.2, -0.15) is 0 Å². The minimum absolute atomic E-state index is 0.411. The number of methoxy groups -OCH3 is 1. The lowest BCUT2D eigenvalue weighted by Gasteiger charge is -2.28. The zero-order chi connectivity index (χ0) is 13.8. The van der Waals surface area contributed by atoms with Gasteiger partial charge in [-0.15, -0.1) is 0 Å². The van der Waals surface area contributed by atoms with Crippen LogP contribution >= 0.6 is 11.6 Å². The molecule has 1 N–H and O–H groups in total. The summed E-state index contributed by atoms with van der Waals surface area (Å²) in [5, 5.41) is 4.32. The Kier molecular flexibility index (Phi) is 5.12. The Morgan fingerprint density at radius 1 is 1.42 bits per heavy atom. The quantitative estimate of drug-likeness (QED) is 0.862. The van der Waals surface area contributed by atoms with Gasteiger partial charge in [-0.05, 0) is 42.5 Å². The molecule has 1 saturated carbocycles. The standard InChI is InChI=1S/C16H24ClNO/c1-4-18-16(13-7-5-6-11(13)2)12-8-9-14(17)15(10-12)19-3/h8-11,13,16,18H,4-7H2,1-3H3. The van der Waals surface area contributed by atoms with Crippen LogP contribution in [0.2, 0.25) is 5.02 Å². The first kappa shape index (κ1) is 14.7. The van der Waals surface area contributed by atoms with Crippen LogP contribution in [-0.4, -0.2) is 13.7 Å². The van der Waals surface area contributed by atoms with Gasteiger partial charge in [0.2, 0.25) is 0 Å². The number of rotatable bonds is 5. The van der Waals surface area contributed by atoms with E-state index in [0.29, 0.717) is 17.0 Å². The number of hydrogen-bond acceptors (Lipinski definition) is 2. The van der Waals surface area contributed by atoms with Crippen LogP contribution in [0.4, 0.5) is 0 Å². The summed E-state index contributed by atoms with van der Waals surface area (Å²) in [5.41, 5.74) is 1.29. The Labute approximate surface area is 121 Å². The van der Waals surface area contributed by atoms with E-state index in [4.69, 9.17) is 16.3 Å². The van der Waals surface area contributed by atoms with Crippen LogP contribution in [0.15, 0.2) is 18.2 Å². The van der Waals surface area contributed by atoms with Gasteiger partial charge >= 0.3 is 0 Å². The molecule has 0 radical (unpaired) electrons. The smallest absolute Gasteiger partial charge is 0.137 e. The van der Waals surface area contributed by atoms with Crippen molar-refractivity contribution in [1.82, 2.24) is 5.32 Å². The molecule has 1 fully saturated rings. The highest BCUT2D eigenvalue weighted by Gasteiger charge is 2.31. The lowest BCUT2D eigenvalue weighted by atomic mass is 9.86. The van der Waals surface area contributed by atoms with E-state index in [2.05, 4.69) is 31.3 Å². The summed E-state index contributed by atoms with van der Waals surface area (Å²) in [7, 11) is 1.67. The second-order valence-corrected chi connectivity index (χ2v) is 5.91. The molecule has 0 saturated heterocycles. The Balaban J connectivity index is 2.27. The second kappa shape index (κ2) is 6.62. The third kappa shape index (κ3) is 3.24. The third-order valence-corrected chi connectivity index (χ3v) is 4.63. The van der Waals surface area contributed by atoms with E-state index in [1.165, 1.54) is 24.8 Å². The normalized spacial score (nSPS) is 24.4. The van der Waals surface area contributed by atoms with Gasteiger partial charge < -0.3 is 10.1 Å². The maximum absolute atomic E-state index is 6.12. The summed E-state index contributed by atoms with van der Waals surface area (Å²) < 4.78 is 5.34. The molecule has 3 heteroatoms. The number of benzene rings is 1. The van der Waals surface area contributed by atoms with Crippen LogP contribution in [0.3, 0.4) is 0 Å². The zero-order valence-electron chi connectivity index (χ0n) is 12.1. The molecule has 0 aliphatic heterocycles. The molecule has 0 heterocycles. The lowest BCUT2D eigenvalue weighted by Crippen LogP contribution is -2.29. The topological polar surface area (TPSA) is 21.3 Å². The number of nitrogens with one attached hydrogen (secondary N) is 1. The number of ether oxygens (including phenoxy) is 1. The summed E-state index contributed by atoms with van der Waals surface area (Å²) in [6.07, 6.45) is 4.00. The molecule has 0 aromatic heterocycles. The van der Waals surface area contributed by atoms with E-state index >= 15 is 0 Å². The minimum atomic E-state index is 0.411. The first-order chi connectivity index (χ1) is 9.17. The molecule has 0 spiro atoms. The van der Waals surface area contributed by atoms with Crippen molar-refractivity contribution in [3.63, 3.8) is 0 Å². The average Bonchev–Trinajstić information content (AvgIpc) is 2.83. The predicted molar refractivity (Wildman–Crippen MR) is 80.9 cm³/mol. The van der Waals surface area contributed by atoms with E-state index in [0.717, 1.165) is 18.2 Å². The molecule has 2 rings (SSSR count). The first-order valence-corrected chi connectivity index (χ1v) is 7.62. The SMILES string of the molecule is CCNC(c1ccc(Cl)c(OC)c1)C1CCCC1C. The van der Waals surface area contributed by atoms with E-state index in [9.17, 15) is 0 Å². The maximum atomic E-state index is 6.12. The summed E-state index contributed by atoms with van der Waals surface area (Å²) in [4.78, 5) is 0. The van der Waals surface area contributed by atoms with Crippen molar-refractivity contribution >= 4 is 11.6 Å². The Bertz CT molecular complexity index is 421. The fraction of sp³-hybridized carbons (Fsp3) is 0.625. The van der Waals surface area contributed by atoms with Gasteiger partial charge in [0.25, 0.3) is 0 Å². The molecule has 3 unspecified atom stereocenters. The summed E-state index contributed by atoms with van der Waals surface area (Å²) >= 11 is 6.12. The molecule has 1 aliphatic rings. The van der Waals surface area contributed by atoms with Crippen molar-refractivity contribution in [2.45, 2.75) is 39.2 Å². The predicted octanol–water partition coefficient (Wildman–Crippen LogP) is 4.44. The van der Waals surface area contributed by atoms with Crippen molar-refractivity contribution in [3.8, 4) is 5.75 Å².